The van der Waals surface area contributed by atoms with Gasteiger partial charge in [0.1, 0.15) is 11.9 Å². The van der Waals surface area contributed by atoms with E-state index in [9.17, 15) is 19.6 Å². The van der Waals surface area contributed by atoms with Crippen LogP contribution in [0.5, 0.6) is 0 Å². The average molecular weight is 773 g/mol. The van der Waals surface area contributed by atoms with Crippen LogP contribution in [-0.2, 0) is 19.5 Å². The second-order valence-corrected chi connectivity index (χ2v) is 11.6. The van der Waals surface area contributed by atoms with E-state index in [-0.39, 0.29) is 23.9 Å². The van der Waals surface area contributed by atoms with Gasteiger partial charge in [-0.25, -0.2) is 9.59 Å². The Hall–Kier alpha value is -4.86. The van der Waals surface area contributed by atoms with E-state index in [1.54, 1.807) is 48.8 Å². The van der Waals surface area contributed by atoms with Gasteiger partial charge in [0.05, 0.1) is 7.32 Å². The zero-order valence-corrected chi connectivity index (χ0v) is 32.1. The summed E-state index contributed by atoms with van der Waals surface area (Å²) in [5, 5.41) is 21.4. The molecule has 0 fully saturated rings. The molecule has 2 aromatic heterocycles. The first-order valence-corrected chi connectivity index (χ1v) is 18.5. The van der Waals surface area contributed by atoms with Crippen LogP contribution in [0, 0.1) is 0 Å². The maximum absolute atomic E-state index is 11.4. The number of esters is 2. The van der Waals surface area contributed by atoms with Gasteiger partial charge in [0.2, 0.25) is 12.4 Å². The Morgan fingerprint density at radius 1 is 0.611 bits per heavy atom. The van der Waals surface area contributed by atoms with Crippen molar-refractivity contribution in [1.29, 1.82) is 0 Å². The third-order valence-electron chi connectivity index (χ3n) is 7.74. The van der Waals surface area contributed by atoms with E-state index >= 15 is 0 Å². The molecule has 284 valence electrons. The molecule has 0 bridgehead atoms. The summed E-state index contributed by atoms with van der Waals surface area (Å²) in [6.45, 7) is 4.80. The first-order valence-electron chi connectivity index (χ1n) is 17.3. The summed E-state index contributed by atoms with van der Waals surface area (Å²) < 4.78 is 17.0. The molecule has 0 radical (unpaired) electrons. The largest absolute Gasteiger partial charge is 0.871 e. The van der Waals surface area contributed by atoms with Gasteiger partial charge in [-0.2, -0.15) is 0 Å². The standard InChI is InChI=1S/C22H21BO3.2C9H11NO3S/c24-23(25)26-18-10-17-22(19-11-4-1-5-12-19,20-13-6-2-7-14-20)21-15-8-3-9-16-21;2*1-2-13-10-6-4-3-5-8(10)9(11)12-7-14/h1-9,11-16H,10,17-18H2;2*3-6H,2,7H2,1H3/q-2;;/p+2. The molecule has 0 aliphatic rings. The lowest BCUT2D eigenvalue weighted by molar-refractivity contribution is -0.892. The summed E-state index contributed by atoms with van der Waals surface area (Å²) >= 11 is 7.61. The third-order valence-corrected chi connectivity index (χ3v) is 8.00. The van der Waals surface area contributed by atoms with Crippen molar-refractivity contribution in [2.45, 2.75) is 32.1 Å². The molecule has 54 heavy (non-hydrogen) atoms. The van der Waals surface area contributed by atoms with Gasteiger partial charge in [0, 0.05) is 45.7 Å². The van der Waals surface area contributed by atoms with E-state index in [4.69, 9.17) is 23.8 Å². The Balaban J connectivity index is 0.000000238. The number of hydrogen-bond donors (Lipinski definition) is 2. The topological polar surface area (TPSA) is 134 Å². The van der Waals surface area contributed by atoms with Crippen LogP contribution in [0.25, 0.3) is 0 Å². The van der Waals surface area contributed by atoms with Gasteiger partial charge >= 0.3 is 23.3 Å². The summed E-state index contributed by atoms with van der Waals surface area (Å²) in [6.07, 6.45) is 4.65. The van der Waals surface area contributed by atoms with Crippen molar-refractivity contribution in [2.24, 2.45) is 0 Å². The number of nitrogens with zero attached hydrogens (tertiary/aromatic N) is 2. The Morgan fingerprint density at radius 2 is 0.981 bits per heavy atom. The van der Waals surface area contributed by atoms with Crippen LogP contribution in [-0.4, -0.2) is 51.0 Å². The molecule has 0 aliphatic carbocycles. The third kappa shape index (κ3) is 13.2. The molecule has 0 amide bonds. The molecule has 0 aliphatic heterocycles. The van der Waals surface area contributed by atoms with Gasteiger partial charge < -0.3 is 24.2 Å². The molecule has 5 rings (SSSR count). The van der Waals surface area contributed by atoms with Crippen molar-refractivity contribution in [1.82, 2.24) is 0 Å². The summed E-state index contributed by atoms with van der Waals surface area (Å²) in [4.78, 5) is 33.1. The predicted molar refractivity (Wildman–Crippen MR) is 206 cm³/mol. The number of pyridine rings is 2. The molecule has 0 N–H and O–H groups in total. The van der Waals surface area contributed by atoms with Crippen LogP contribution in [0.1, 0.15) is 64.4 Å². The first kappa shape index (κ1) is 43.5. The second kappa shape index (κ2) is 24.5. The number of carbonyl (C=O) groups excluding carboxylic acids is 2. The molecule has 0 spiro atoms. The SMILES string of the molecule is CCO[n+]1ccccc1C(=O)OCS.CCO[n+]1ccccc1C(=O)OCS.[O-]B([O-])OCCCC(c1ccccc1)(c1ccccc1)c1ccccc1. The zero-order valence-electron chi connectivity index (χ0n) is 30.3. The fourth-order valence-corrected chi connectivity index (χ4v) is 5.79. The molecule has 3 aromatic carbocycles. The Bertz CT molecular complexity index is 1650. The maximum atomic E-state index is 11.4. The maximum Gasteiger partial charge on any atom is 0.409 e. The predicted octanol–water partition coefficient (Wildman–Crippen LogP) is 3.46. The Morgan fingerprint density at radius 3 is 1.31 bits per heavy atom. The minimum Gasteiger partial charge on any atom is -0.871 e. The van der Waals surface area contributed by atoms with Crippen molar-refractivity contribution in [3.05, 3.63) is 168 Å². The number of ether oxygens (including phenoxy) is 2. The lowest BCUT2D eigenvalue weighted by Gasteiger charge is -2.37. The average Bonchev–Trinajstić information content (AvgIpc) is 3.20. The monoisotopic (exact) mass is 772 g/mol. The van der Waals surface area contributed by atoms with E-state index in [0.717, 1.165) is 6.42 Å². The summed E-state index contributed by atoms with van der Waals surface area (Å²) in [5.74, 6) is -0.789. The molecule has 14 heteroatoms. The normalized spacial score (nSPS) is 10.4. The van der Waals surface area contributed by atoms with Gasteiger partial charge in [-0.3, -0.25) is 9.68 Å². The number of thiol groups is 2. The highest BCUT2D eigenvalue weighted by Crippen LogP contribution is 2.42. The minimum absolute atomic E-state index is 0.0554. The Kier molecular flexibility index (Phi) is 19.7. The molecular formula is C40H45BN2O9S2. The van der Waals surface area contributed by atoms with Gasteiger partial charge in [0.25, 0.3) is 0 Å². The van der Waals surface area contributed by atoms with Crippen molar-refractivity contribution >= 4 is 44.5 Å². The summed E-state index contributed by atoms with van der Waals surface area (Å²) in [5.41, 5.74) is 3.87. The van der Waals surface area contributed by atoms with Crippen LogP contribution in [0.15, 0.2) is 140 Å². The highest BCUT2D eigenvalue weighted by Gasteiger charge is 2.35. The quantitative estimate of drug-likeness (QED) is 0.0295. The molecular weight excluding hydrogens is 727 g/mol. The fraction of sp³-hybridized carbons (Fsp3) is 0.250. The number of benzene rings is 3. The molecule has 0 saturated heterocycles. The summed E-state index contributed by atoms with van der Waals surface area (Å²) in [7, 11) is -2.23. The molecule has 11 nitrogen and oxygen atoms in total. The number of hydrogen-bond acceptors (Lipinski definition) is 11. The van der Waals surface area contributed by atoms with E-state index < -0.39 is 19.3 Å². The highest BCUT2D eigenvalue weighted by molar-refractivity contribution is 7.80. The summed E-state index contributed by atoms with van der Waals surface area (Å²) in [6, 6.07) is 41.3. The van der Waals surface area contributed by atoms with Gasteiger partial charge in [0.15, 0.2) is 13.2 Å². The van der Waals surface area contributed by atoms with Gasteiger partial charge in [-0.1, -0.05) is 91.0 Å². The van der Waals surface area contributed by atoms with Crippen molar-refractivity contribution in [3.8, 4) is 0 Å². The molecule has 0 saturated carbocycles. The van der Waals surface area contributed by atoms with E-state index in [1.165, 1.54) is 26.2 Å². The minimum atomic E-state index is -2.23. The first-order chi connectivity index (χ1) is 26.3. The van der Waals surface area contributed by atoms with Crippen molar-refractivity contribution in [2.75, 3.05) is 31.7 Å². The number of carbonyl (C=O) groups is 2. The van der Waals surface area contributed by atoms with E-state index in [2.05, 4.69) is 61.7 Å². The van der Waals surface area contributed by atoms with E-state index in [0.29, 0.717) is 31.0 Å². The van der Waals surface area contributed by atoms with Crippen molar-refractivity contribution < 1.29 is 52.9 Å². The highest BCUT2D eigenvalue weighted by atomic mass is 32.1. The second-order valence-electron chi connectivity index (χ2n) is 11.0. The smallest absolute Gasteiger partial charge is 0.409 e. The fourth-order valence-electron chi connectivity index (χ4n) is 5.56. The molecule has 0 atom stereocenters. The van der Waals surface area contributed by atoms with Crippen LogP contribution in [0.4, 0.5) is 0 Å². The number of aromatic nitrogens is 2. The van der Waals surface area contributed by atoms with E-state index in [1.807, 2.05) is 68.4 Å². The lowest BCUT2D eigenvalue weighted by atomic mass is 9.67. The van der Waals surface area contributed by atoms with Crippen LogP contribution in [0.3, 0.4) is 0 Å². The van der Waals surface area contributed by atoms with Crippen LogP contribution >= 0.6 is 25.3 Å². The van der Waals surface area contributed by atoms with Gasteiger partial charge in [-0.05, 0) is 55.5 Å². The lowest BCUT2D eigenvalue weighted by Crippen LogP contribution is -2.48. The van der Waals surface area contributed by atoms with Crippen LogP contribution in [0.2, 0.25) is 0 Å². The van der Waals surface area contributed by atoms with Crippen molar-refractivity contribution in [3.63, 3.8) is 0 Å². The van der Waals surface area contributed by atoms with Crippen LogP contribution < -0.4 is 29.2 Å². The molecule has 2 heterocycles. The zero-order chi connectivity index (χ0) is 39.0. The molecule has 5 aromatic rings. The number of rotatable bonds is 16. The Labute approximate surface area is 328 Å². The molecule has 0 unspecified atom stereocenters. The van der Waals surface area contributed by atoms with Gasteiger partial charge in [-0.15, -0.1) is 25.3 Å².